The van der Waals surface area contributed by atoms with E-state index < -0.39 is 5.54 Å². The van der Waals surface area contributed by atoms with Gasteiger partial charge in [-0.15, -0.1) is 0 Å². The third-order valence-electron chi connectivity index (χ3n) is 5.37. The summed E-state index contributed by atoms with van der Waals surface area (Å²) in [4.78, 5) is 41.6. The molecule has 29 heavy (non-hydrogen) atoms. The lowest BCUT2D eigenvalue weighted by atomic mass is 10.1. The molecule has 1 aromatic rings. The Balaban J connectivity index is 1.44. The molecule has 0 aromatic heterocycles. The van der Waals surface area contributed by atoms with Crippen molar-refractivity contribution in [1.29, 1.82) is 0 Å². The van der Waals surface area contributed by atoms with Crippen molar-refractivity contribution < 1.29 is 19.1 Å². The van der Waals surface area contributed by atoms with Crippen molar-refractivity contribution in [3.05, 3.63) is 29.8 Å². The molecule has 0 saturated carbocycles. The van der Waals surface area contributed by atoms with Gasteiger partial charge in [0, 0.05) is 45.3 Å². The number of urea groups is 1. The number of carbonyl (C=O) groups excluding carboxylic acids is 3. The van der Waals surface area contributed by atoms with Gasteiger partial charge in [0.05, 0.1) is 13.2 Å². The van der Waals surface area contributed by atoms with Gasteiger partial charge < -0.3 is 19.9 Å². The van der Waals surface area contributed by atoms with Crippen LogP contribution in [0.25, 0.3) is 0 Å². The van der Waals surface area contributed by atoms with Crippen LogP contribution in [0.3, 0.4) is 0 Å². The largest absolute Gasteiger partial charge is 0.378 e. The number of anilines is 1. The highest BCUT2D eigenvalue weighted by Crippen LogP contribution is 2.19. The predicted molar refractivity (Wildman–Crippen MR) is 110 cm³/mol. The van der Waals surface area contributed by atoms with Crippen molar-refractivity contribution in [3.63, 3.8) is 0 Å². The van der Waals surface area contributed by atoms with Gasteiger partial charge in [-0.05, 0) is 38.0 Å². The smallest absolute Gasteiger partial charge is 0.325 e. The summed E-state index contributed by atoms with van der Waals surface area (Å²) in [5.41, 5.74) is 1.36. The minimum Gasteiger partial charge on any atom is -0.378 e. The van der Waals surface area contributed by atoms with Gasteiger partial charge in [0.2, 0.25) is 5.91 Å². The summed E-state index contributed by atoms with van der Waals surface area (Å²) in [5, 5.41) is 2.65. The fourth-order valence-corrected chi connectivity index (χ4v) is 3.60. The summed E-state index contributed by atoms with van der Waals surface area (Å²) < 4.78 is 5.38. The number of benzene rings is 1. The second-order valence-corrected chi connectivity index (χ2v) is 8.13. The van der Waals surface area contributed by atoms with Crippen LogP contribution in [0.15, 0.2) is 24.3 Å². The lowest BCUT2D eigenvalue weighted by Gasteiger charge is -2.29. The van der Waals surface area contributed by atoms with E-state index >= 15 is 0 Å². The first-order valence-electron chi connectivity index (χ1n) is 10.1. The first-order chi connectivity index (χ1) is 13.8. The molecular formula is C21H30N4O4. The van der Waals surface area contributed by atoms with Crippen LogP contribution in [-0.2, 0) is 20.9 Å². The highest BCUT2D eigenvalue weighted by Gasteiger charge is 2.43. The fraction of sp³-hybridized carbons (Fsp3) is 0.571. The molecule has 2 heterocycles. The second-order valence-electron chi connectivity index (χ2n) is 8.13. The predicted octanol–water partition coefficient (Wildman–Crippen LogP) is 1.59. The zero-order valence-electron chi connectivity index (χ0n) is 17.4. The summed E-state index contributed by atoms with van der Waals surface area (Å²) in [6.07, 6.45) is 0.744. The number of rotatable bonds is 7. The molecule has 158 valence electrons. The Morgan fingerprint density at radius 2 is 1.83 bits per heavy atom. The molecule has 2 saturated heterocycles. The summed E-state index contributed by atoms with van der Waals surface area (Å²) in [6.45, 7) is 7.43. The molecule has 2 fully saturated rings. The Kier molecular flexibility index (Phi) is 6.42. The summed E-state index contributed by atoms with van der Waals surface area (Å²) in [5.74, 6) is -0.253. The number of carbonyl (C=O) groups is 3. The van der Waals surface area contributed by atoms with Gasteiger partial charge in [0.15, 0.2) is 0 Å². The molecule has 8 nitrogen and oxygen atoms in total. The highest BCUT2D eigenvalue weighted by molar-refractivity contribution is 6.06. The van der Waals surface area contributed by atoms with Crippen molar-refractivity contribution in [2.45, 2.75) is 38.8 Å². The molecule has 2 aliphatic rings. The SMILES string of the molecule is CN(Cc1ccc(N2CCOCC2)cc1)C(=O)CCCN1C(=O)NC(C)(C)C1=O. The van der Waals surface area contributed by atoms with Crippen LogP contribution in [-0.4, -0.2) is 73.1 Å². The normalized spacial score (nSPS) is 18.7. The average Bonchev–Trinajstić information content (AvgIpc) is 2.90. The molecule has 0 unspecified atom stereocenters. The molecule has 0 aliphatic carbocycles. The van der Waals surface area contributed by atoms with E-state index in [0.717, 1.165) is 31.9 Å². The van der Waals surface area contributed by atoms with Crippen molar-refractivity contribution in [1.82, 2.24) is 15.1 Å². The number of hydrogen-bond donors (Lipinski definition) is 1. The molecule has 1 aromatic carbocycles. The number of amides is 4. The number of imide groups is 1. The van der Waals surface area contributed by atoms with E-state index in [1.807, 2.05) is 12.1 Å². The van der Waals surface area contributed by atoms with Crippen LogP contribution in [0.5, 0.6) is 0 Å². The van der Waals surface area contributed by atoms with Crippen molar-refractivity contribution >= 4 is 23.5 Å². The molecule has 3 rings (SSSR count). The van der Waals surface area contributed by atoms with E-state index in [2.05, 4.69) is 22.3 Å². The van der Waals surface area contributed by atoms with E-state index in [1.165, 1.54) is 10.6 Å². The highest BCUT2D eigenvalue weighted by atomic mass is 16.5. The van der Waals surface area contributed by atoms with Gasteiger partial charge in [0.1, 0.15) is 5.54 Å². The number of hydrogen-bond acceptors (Lipinski definition) is 5. The van der Waals surface area contributed by atoms with Crippen LogP contribution in [0.4, 0.5) is 10.5 Å². The fourth-order valence-electron chi connectivity index (χ4n) is 3.60. The zero-order valence-corrected chi connectivity index (χ0v) is 17.4. The molecule has 4 amide bonds. The summed E-state index contributed by atoms with van der Waals surface area (Å²) in [6, 6.07) is 7.87. The number of nitrogens with zero attached hydrogens (tertiary/aromatic N) is 3. The molecule has 2 aliphatic heterocycles. The minimum absolute atomic E-state index is 0.00595. The maximum Gasteiger partial charge on any atom is 0.325 e. The summed E-state index contributed by atoms with van der Waals surface area (Å²) in [7, 11) is 1.77. The lowest BCUT2D eigenvalue weighted by molar-refractivity contribution is -0.132. The van der Waals surface area contributed by atoms with Crippen LogP contribution < -0.4 is 10.2 Å². The molecule has 0 spiro atoms. The van der Waals surface area contributed by atoms with Crippen molar-refractivity contribution in [2.24, 2.45) is 0 Å². The first kappa shape index (κ1) is 21.1. The Morgan fingerprint density at radius 1 is 1.17 bits per heavy atom. The van der Waals surface area contributed by atoms with Gasteiger partial charge in [0.25, 0.3) is 5.91 Å². The maximum atomic E-state index is 12.4. The molecule has 8 heteroatoms. The topological polar surface area (TPSA) is 82.2 Å². The van der Waals surface area contributed by atoms with Gasteiger partial charge in [-0.3, -0.25) is 14.5 Å². The van der Waals surface area contributed by atoms with Crippen LogP contribution in [0.2, 0.25) is 0 Å². The van der Waals surface area contributed by atoms with Crippen LogP contribution in [0, 0.1) is 0 Å². The van der Waals surface area contributed by atoms with Crippen LogP contribution in [0.1, 0.15) is 32.3 Å². The van der Waals surface area contributed by atoms with Gasteiger partial charge in [-0.1, -0.05) is 12.1 Å². The number of morpholine rings is 1. The maximum absolute atomic E-state index is 12.4. The molecule has 1 N–H and O–H groups in total. The standard InChI is InChI=1S/C21H30N4O4/c1-21(2)19(27)25(20(28)22-21)10-4-5-18(26)23(3)15-16-6-8-17(9-7-16)24-11-13-29-14-12-24/h6-9H,4-5,10-15H2,1-3H3,(H,22,28). The molecule has 0 bridgehead atoms. The Hall–Kier alpha value is -2.61. The Bertz CT molecular complexity index is 756. The van der Waals surface area contributed by atoms with Gasteiger partial charge in [-0.25, -0.2) is 4.79 Å². The average molecular weight is 402 g/mol. The Labute approximate surface area is 171 Å². The minimum atomic E-state index is -0.870. The van der Waals surface area contributed by atoms with Crippen molar-refractivity contribution in [2.75, 3.05) is 44.8 Å². The lowest BCUT2D eigenvalue weighted by Crippen LogP contribution is -2.40. The van der Waals surface area contributed by atoms with E-state index in [-0.39, 0.29) is 24.4 Å². The number of ether oxygens (including phenoxy) is 1. The van der Waals surface area contributed by atoms with E-state index in [1.54, 1.807) is 25.8 Å². The van der Waals surface area contributed by atoms with Crippen molar-refractivity contribution in [3.8, 4) is 0 Å². The van der Waals surface area contributed by atoms with Gasteiger partial charge in [-0.2, -0.15) is 0 Å². The molecule has 0 radical (unpaired) electrons. The third-order valence-corrected chi connectivity index (χ3v) is 5.37. The Morgan fingerprint density at radius 3 is 2.41 bits per heavy atom. The number of nitrogens with one attached hydrogen (secondary N) is 1. The first-order valence-corrected chi connectivity index (χ1v) is 10.1. The zero-order chi connectivity index (χ0) is 21.0. The third kappa shape index (κ3) is 5.06. The second kappa shape index (κ2) is 8.82. The van der Waals surface area contributed by atoms with E-state index in [0.29, 0.717) is 19.4 Å². The molecule has 0 atom stereocenters. The van der Waals surface area contributed by atoms with Crippen LogP contribution >= 0.6 is 0 Å². The summed E-state index contributed by atoms with van der Waals surface area (Å²) >= 11 is 0. The quantitative estimate of drug-likeness (QED) is 0.701. The van der Waals surface area contributed by atoms with E-state index in [9.17, 15) is 14.4 Å². The van der Waals surface area contributed by atoms with E-state index in [4.69, 9.17) is 4.74 Å². The van der Waals surface area contributed by atoms with Gasteiger partial charge >= 0.3 is 6.03 Å². The molecular weight excluding hydrogens is 372 g/mol. The monoisotopic (exact) mass is 402 g/mol.